The summed E-state index contributed by atoms with van der Waals surface area (Å²) in [6.07, 6.45) is 2.99. The standard InChI is InChI=1S/C9H21N3O/c1-3-5-6-11-9(13)12-8(4-2)7-10/h8H,3-7,10H2,1-2H3,(H2,11,12,13). The summed E-state index contributed by atoms with van der Waals surface area (Å²) in [5.74, 6) is 0. The topological polar surface area (TPSA) is 67.2 Å². The van der Waals surface area contributed by atoms with Crippen LogP contribution in [0, 0.1) is 0 Å². The molecule has 0 aromatic rings. The molecule has 0 aromatic carbocycles. The van der Waals surface area contributed by atoms with E-state index in [1.54, 1.807) is 0 Å². The molecule has 0 aliphatic heterocycles. The Morgan fingerprint density at radius 2 is 2.15 bits per heavy atom. The third-order valence-electron chi connectivity index (χ3n) is 1.93. The Balaban J connectivity index is 3.48. The molecule has 0 saturated carbocycles. The third-order valence-corrected chi connectivity index (χ3v) is 1.93. The molecule has 0 fully saturated rings. The van der Waals surface area contributed by atoms with Crippen LogP contribution in [0.5, 0.6) is 0 Å². The molecule has 1 unspecified atom stereocenters. The Morgan fingerprint density at radius 1 is 1.46 bits per heavy atom. The zero-order valence-corrected chi connectivity index (χ0v) is 8.60. The molecule has 0 aromatic heterocycles. The van der Waals surface area contributed by atoms with E-state index in [0.29, 0.717) is 6.54 Å². The first-order valence-corrected chi connectivity index (χ1v) is 4.99. The largest absolute Gasteiger partial charge is 0.338 e. The fraction of sp³-hybridized carbons (Fsp3) is 0.889. The number of urea groups is 1. The molecule has 78 valence electrons. The van der Waals surface area contributed by atoms with Crippen molar-refractivity contribution in [1.82, 2.24) is 10.6 Å². The number of carbonyl (C=O) groups excluding carboxylic acids is 1. The van der Waals surface area contributed by atoms with E-state index in [4.69, 9.17) is 5.73 Å². The highest BCUT2D eigenvalue weighted by molar-refractivity contribution is 5.74. The molecular formula is C9H21N3O. The number of nitrogens with one attached hydrogen (secondary N) is 2. The molecule has 0 aliphatic rings. The van der Waals surface area contributed by atoms with Gasteiger partial charge in [0.25, 0.3) is 0 Å². The second-order valence-electron chi connectivity index (χ2n) is 3.09. The van der Waals surface area contributed by atoms with Crippen molar-refractivity contribution in [2.75, 3.05) is 13.1 Å². The maximum Gasteiger partial charge on any atom is 0.315 e. The van der Waals surface area contributed by atoms with Crippen LogP contribution < -0.4 is 16.4 Å². The van der Waals surface area contributed by atoms with Crippen LogP contribution in [-0.2, 0) is 0 Å². The Labute approximate surface area is 80.3 Å². The number of amides is 2. The van der Waals surface area contributed by atoms with E-state index in [2.05, 4.69) is 17.6 Å². The highest BCUT2D eigenvalue weighted by Gasteiger charge is 2.06. The van der Waals surface area contributed by atoms with Crippen molar-refractivity contribution in [3.05, 3.63) is 0 Å². The van der Waals surface area contributed by atoms with Crippen LogP contribution in [0.4, 0.5) is 4.79 Å². The van der Waals surface area contributed by atoms with Gasteiger partial charge in [0, 0.05) is 19.1 Å². The second kappa shape index (κ2) is 7.86. The smallest absolute Gasteiger partial charge is 0.315 e. The first kappa shape index (κ1) is 12.2. The summed E-state index contributed by atoms with van der Waals surface area (Å²) in [5, 5.41) is 5.58. The van der Waals surface area contributed by atoms with Gasteiger partial charge in [0.2, 0.25) is 0 Å². The number of carbonyl (C=O) groups is 1. The molecule has 4 N–H and O–H groups in total. The first-order valence-electron chi connectivity index (χ1n) is 4.99. The molecule has 4 nitrogen and oxygen atoms in total. The van der Waals surface area contributed by atoms with Crippen LogP contribution in [0.2, 0.25) is 0 Å². The minimum atomic E-state index is -0.106. The van der Waals surface area contributed by atoms with Crippen molar-refractivity contribution in [3.63, 3.8) is 0 Å². The highest BCUT2D eigenvalue weighted by atomic mass is 16.2. The summed E-state index contributed by atoms with van der Waals surface area (Å²) in [4.78, 5) is 11.2. The van der Waals surface area contributed by atoms with Gasteiger partial charge in [-0.05, 0) is 12.8 Å². The summed E-state index contributed by atoms with van der Waals surface area (Å²) in [7, 11) is 0. The van der Waals surface area contributed by atoms with Gasteiger partial charge in [0.05, 0.1) is 0 Å². The Kier molecular flexibility index (Phi) is 7.39. The lowest BCUT2D eigenvalue weighted by Crippen LogP contribution is -2.45. The second-order valence-corrected chi connectivity index (χ2v) is 3.09. The van der Waals surface area contributed by atoms with Gasteiger partial charge >= 0.3 is 6.03 Å². The lowest BCUT2D eigenvalue weighted by atomic mass is 10.2. The zero-order valence-electron chi connectivity index (χ0n) is 8.60. The summed E-state index contributed by atoms with van der Waals surface area (Å²) < 4.78 is 0. The van der Waals surface area contributed by atoms with Gasteiger partial charge < -0.3 is 16.4 Å². The molecule has 0 rings (SSSR count). The van der Waals surface area contributed by atoms with E-state index in [0.717, 1.165) is 25.8 Å². The number of rotatable bonds is 6. The molecule has 0 aliphatic carbocycles. The van der Waals surface area contributed by atoms with Crippen molar-refractivity contribution < 1.29 is 4.79 Å². The zero-order chi connectivity index (χ0) is 10.1. The average Bonchev–Trinajstić information content (AvgIpc) is 2.14. The van der Waals surface area contributed by atoms with Crippen molar-refractivity contribution in [2.24, 2.45) is 5.73 Å². The maximum atomic E-state index is 11.2. The summed E-state index contributed by atoms with van der Waals surface area (Å²) in [6, 6.07) is -0.00706. The minimum absolute atomic E-state index is 0.0987. The van der Waals surface area contributed by atoms with Crippen LogP contribution in [0.1, 0.15) is 33.1 Å². The summed E-state index contributed by atoms with van der Waals surface area (Å²) in [6.45, 7) is 5.33. The van der Waals surface area contributed by atoms with Crippen LogP contribution in [0.3, 0.4) is 0 Å². The molecule has 13 heavy (non-hydrogen) atoms. The quantitative estimate of drug-likeness (QED) is 0.539. The van der Waals surface area contributed by atoms with Gasteiger partial charge in [0.15, 0.2) is 0 Å². The monoisotopic (exact) mass is 187 g/mol. The molecular weight excluding hydrogens is 166 g/mol. The van der Waals surface area contributed by atoms with Crippen molar-refractivity contribution in [3.8, 4) is 0 Å². The van der Waals surface area contributed by atoms with Crippen LogP contribution in [0.15, 0.2) is 0 Å². The van der Waals surface area contributed by atoms with Crippen LogP contribution >= 0.6 is 0 Å². The Bertz CT molecular complexity index is 135. The van der Waals surface area contributed by atoms with E-state index in [1.807, 2.05) is 6.92 Å². The van der Waals surface area contributed by atoms with Crippen molar-refractivity contribution in [1.29, 1.82) is 0 Å². The van der Waals surface area contributed by atoms with E-state index in [9.17, 15) is 4.79 Å². The minimum Gasteiger partial charge on any atom is -0.338 e. The summed E-state index contributed by atoms with van der Waals surface area (Å²) in [5.41, 5.74) is 5.44. The Hall–Kier alpha value is -0.770. The van der Waals surface area contributed by atoms with Gasteiger partial charge in [-0.1, -0.05) is 20.3 Å². The summed E-state index contributed by atoms with van der Waals surface area (Å²) >= 11 is 0. The molecule has 0 spiro atoms. The van der Waals surface area contributed by atoms with E-state index >= 15 is 0 Å². The molecule has 0 heterocycles. The number of hydrogen-bond acceptors (Lipinski definition) is 2. The van der Waals surface area contributed by atoms with Crippen LogP contribution in [-0.4, -0.2) is 25.2 Å². The normalized spacial score (nSPS) is 12.2. The van der Waals surface area contributed by atoms with Gasteiger partial charge in [-0.25, -0.2) is 4.79 Å². The van der Waals surface area contributed by atoms with E-state index in [-0.39, 0.29) is 12.1 Å². The fourth-order valence-corrected chi connectivity index (χ4v) is 0.943. The SMILES string of the molecule is CCCCNC(=O)NC(CC)CN. The molecule has 1 atom stereocenters. The highest BCUT2D eigenvalue weighted by Crippen LogP contribution is 1.87. The van der Waals surface area contributed by atoms with Gasteiger partial charge in [0.1, 0.15) is 0 Å². The van der Waals surface area contributed by atoms with E-state index < -0.39 is 0 Å². The lowest BCUT2D eigenvalue weighted by Gasteiger charge is -2.14. The number of unbranched alkanes of at least 4 members (excludes halogenated alkanes) is 1. The molecule has 2 amide bonds. The first-order chi connectivity index (χ1) is 6.24. The molecule has 4 heteroatoms. The average molecular weight is 187 g/mol. The van der Waals surface area contributed by atoms with Gasteiger partial charge in [-0.15, -0.1) is 0 Å². The number of hydrogen-bond donors (Lipinski definition) is 3. The molecule has 0 saturated heterocycles. The van der Waals surface area contributed by atoms with Crippen molar-refractivity contribution in [2.45, 2.75) is 39.2 Å². The van der Waals surface area contributed by atoms with Crippen molar-refractivity contribution >= 4 is 6.03 Å². The third kappa shape index (κ3) is 6.40. The van der Waals surface area contributed by atoms with Crippen LogP contribution in [0.25, 0.3) is 0 Å². The van der Waals surface area contributed by atoms with E-state index in [1.165, 1.54) is 0 Å². The van der Waals surface area contributed by atoms with Gasteiger partial charge in [-0.3, -0.25) is 0 Å². The molecule has 0 radical (unpaired) electrons. The lowest BCUT2D eigenvalue weighted by molar-refractivity contribution is 0.236. The maximum absolute atomic E-state index is 11.2. The predicted molar refractivity (Wildman–Crippen MR) is 54.6 cm³/mol. The fourth-order valence-electron chi connectivity index (χ4n) is 0.943. The predicted octanol–water partition coefficient (Wildman–Crippen LogP) is 0.823. The Morgan fingerprint density at radius 3 is 2.62 bits per heavy atom. The molecule has 0 bridgehead atoms. The number of nitrogens with two attached hydrogens (primary N) is 1. The van der Waals surface area contributed by atoms with Gasteiger partial charge in [-0.2, -0.15) is 0 Å².